The van der Waals surface area contributed by atoms with Crippen LogP contribution in [-0.2, 0) is 11.0 Å². The summed E-state index contributed by atoms with van der Waals surface area (Å²) in [4.78, 5) is 26.7. The van der Waals surface area contributed by atoms with Gasteiger partial charge in [0.25, 0.3) is 11.6 Å². The molecule has 37 heavy (non-hydrogen) atoms. The van der Waals surface area contributed by atoms with Crippen LogP contribution in [0.2, 0.25) is 18.1 Å². The predicted octanol–water partition coefficient (Wildman–Crippen LogP) is 5.17. The quantitative estimate of drug-likeness (QED) is 0.270. The second-order valence-electron chi connectivity index (χ2n) is 11.0. The molecule has 1 aliphatic rings. The van der Waals surface area contributed by atoms with Gasteiger partial charge in [-0.05, 0) is 36.5 Å². The van der Waals surface area contributed by atoms with Gasteiger partial charge in [0.05, 0.1) is 36.9 Å². The van der Waals surface area contributed by atoms with Gasteiger partial charge in [-0.3, -0.25) is 14.9 Å². The first-order valence-electron chi connectivity index (χ1n) is 12.5. The van der Waals surface area contributed by atoms with Crippen molar-refractivity contribution < 1.29 is 28.7 Å². The van der Waals surface area contributed by atoms with Crippen LogP contribution in [0.4, 0.5) is 5.69 Å². The topological polar surface area (TPSA) is 111 Å². The number of hydrogen-bond acceptors (Lipinski definition) is 7. The first-order chi connectivity index (χ1) is 17.3. The molecule has 0 aliphatic carbocycles. The maximum Gasteiger partial charge on any atom is 0.286 e. The number of nitro groups is 1. The summed E-state index contributed by atoms with van der Waals surface area (Å²) in [5.74, 6) is -0.0761. The van der Waals surface area contributed by atoms with Crippen molar-refractivity contribution in [3.8, 4) is 11.5 Å². The Morgan fingerprint density at radius 3 is 2.46 bits per heavy atom. The average molecular weight is 531 g/mol. The van der Waals surface area contributed by atoms with Crippen LogP contribution in [0, 0.1) is 10.1 Å². The van der Waals surface area contributed by atoms with Crippen molar-refractivity contribution in [3.05, 3.63) is 63.7 Å². The summed E-state index contributed by atoms with van der Waals surface area (Å²) < 4.78 is 17.6. The Balaban J connectivity index is 1.89. The number of methoxy groups -OCH3 is 1. The smallest absolute Gasteiger partial charge is 0.286 e. The SMILES string of the molecule is COc1cc(C(=O)N2CC[C@H](O)C[C@H]2CO[Si](C)(C)C(C)(C)C)c([N+](=O)[O-])cc1OCc1ccccc1. The summed E-state index contributed by atoms with van der Waals surface area (Å²) in [6.07, 6.45) is 0.185. The highest BCUT2D eigenvalue weighted by Crippen LogP contribution is 2.38. The minimum Gasteiger partial charge on any atom is -0.493 e. The van der Waals surface area contributed by atoms with E-state index < -0.39 is 31.3 Å². The lowest BCUT2D eigenvalue weighted by Gasteiger charge is -2.42. The number of carbonyl (C=O) groups excluding carboxylic acids is 1. The molecule has 1 amide bonds. The summed E-state index contributed by atoms with van der Waals surface area (Å²) in [6.45, 7) is 11.4. The fourth-order valence-corrected chi connectivity index (χ4v) is 5.05. The van der Waals surface area contributed by atoms with Gasteiger partial charge < -0.3 is 23.9 Å². The molecule has 9 nitrogen and oxygen atoms in total. The first kappa shape index (κ1) is 28.6. The summed E-state index contributed by atoms with van der Waals surface area (Å²) >= 11 is 0. The molecule has 0 saturated carbocycles. The fourth-order valence-electron chi connectivity index (χ4n) is 4.01. The number of aliphatic hydroxyl groups excluding tert-OH is 1. The summed E-state index contributed by atoms with van der Waals surface area (Å²) in [5, 5.41) is 22.3. The number of rotatable bonds is 9. The van der Waals surface area contributed by atoms with Crippen molar-refractivity contribution >= 4 is 19.9 Å². The molecule has 0 radical (unpaired) electrons. The summed E-state index contributed by atoms with van der Waals surface area (Å²) in [6, 6.07) is 11.6. The monoisotopic (exact) mass is 530 g/mol. The molecule has 1 saturated heterocycles. The molecule has 0 bridgehead atoms. The van der Waals surface area contributed by atoms with Crippen molar-refractivity contribution in [2.45, 2.75) is 70.5 Å². The zero-order chi connectivity index (χ0) is 27.4. The van der Waals surface area contributed by atoms with E-state index in [9.17, 15) is 20.0 Å². The van der Waals surface area contributed by atoms with Crippen LogP contribution in [0.15, 0.2) is 42.5 Å². The van der Waals surface area contributed by atoms with Gasteiger partial charge in [-0.2, -0.15) is 0 Å². The van der Waals surface area contributed by atoms with E-state index in [1.54, 1.807) is 4.90 Å². The number of amides is 1. The lowest BCUT2D eigenvalue weighted by molar-refractivity contribution is -0.385. The minimum atomic E-state index is -2.11. The Kier molecular flexibility index (Phi) is 8.99. The molecule has 1 heterocycles. The first-order valence-corrected chi connectivity index (χ1v) is 15.4. The van der Waals surface area contributed by atoms with Crippen LogP contribution < -0.4 is 9.47 Å². The molecule has 1 aliphatic heterocycles. The highest BCUT2D eigenvalue weighted by molar-refractivity contribution is 6.74. The molecule has 0 unspecified atom stereocenters. The van der Waals surface area contributed by atoms with Crippen LogP contribution in [0.3, 0.4) is 0 Å². The average Bonchev–Trinajstić information content (AvgIpc) is 2.85. The zero-order valence-electron chi connectivity index (χ0n) is 22.5. The molecule has 0 aromatic heterocycles. The summed E-state index contributed by atoms with van der Waals surface area (Å²) in [5.41, 5.74) is 0.454. The van der Waals surface area contributed by atoms with Crippen molar-refractivity contribution in [1.82, 2.24) is 4.90 Å². The largest absolute Gasteiger partial charge is 0.493 e. The van der Waals surface area contributed by atoms with Crippen LogP contribution in [0.1, 0.15) is 49.5 Å². The van der Waals surface area contributed by atoms with Gasteiger partial charge in [-0.25, -0.2) is 0 Å². The Labute approximate surface area is 219 Å². The van der Waals surface area contributed by atoms with Gasteiger partial charge in [0.15, 0.2) is 19.8 Å². The Hall–Kier alpha value is -2.95. The number of piperidine rings is 1. The lowest BCUT2D eigenvalue weighted by Crippen LogP contribution is -2.52. The van der Waals surface area contributed by atoms with E-state index in [1.807, 2.05) is 30.3 Å². The van der Waals surface area contributed by atoms with E-state index in [0.717, 1.165) is 5.56 Å². The van der Waals surface area contributed by atoms with Gasteiger partial charge in [-0.1, -0.05) is 51.1 Å². The molecule has 10 heteroatoms. The molecule has 202 valence electrons. The highest BCUT2D eigenvalue weighted by Gasteiger charge is 2.40. The Morgan fingerprint density at radius 2 is 1.86 bits per heavy atom. The maximum absolute atomic E-state index is 13.7. The van der Waals surface area contributed by atoms with E-state index in [1.165, 1.54) is 19.2 Å². The number of ether oxygens (including phenoxy) is 2. The molecule has 2 atom stereocenters. The molecule has 2 aromatic rings. The maximum atomic E-state index is 13.7. The number of benzene rings is 2. The van der Waals surface area contributed by atoms with Crippen molar-refractivity contribution in [1.29, 1.82) is 0 Å². The number of likely N-dealkylation sites (tertiary alicyclic amines) is 1. The number of aliphatic hydroxyl groups is 1. The van der Waals surface area contributed by atoms with Crippen LogP contribution in [0.25, 0.3) is 0 Å². The zero-order valence-corrected chi connectivity index (χ0v) is 23.5. The van der Waals surface area contributed by atoms with Gasteiger partial charge >= 0.3 is 0 Å². The second-order valence-corrected chi connectivity index (χ2v) is 15.8. The van der Waals surface area contributed by atoms with Gasteiger partial charge in [0.2, 0.25) is 0 Å². The molecular weight excluding hydrogens is 492 g/mol. The van der Waals surface area contributed by atoms with Crippen LogP contribution >= 0.6 is 0 Å². The molecule has 0 spiro atoms. The minimum absolute atomic E-state index is 0.0170. The van der Waals surface area contributed by atoms with Crippen LogP contribution in [0.5, 0.6) is 11.5 Å². The third-order valence-electron chi connectivity index (χ3n) is 7.34. The van der Waals surface area contributed by atoms with E-state index in [-0.39, 0.29) is 47.5 Å². The second kappa shape index (κ2) is 11.6. The highest BCUT2D eigenvalue weighted by atomic mass is 28.4. The third-order valence-corrected chi connectivity index (χ3v) is 11.8. The normalized spacial score (nSPS) is 18.4. The lowest BCUT2D eigenvalue weighted by atomic mass is 9.98. The van der Waals surface area contributed by atoms with Crippen molar-refractivity contribution in [3.63, 3.8) is 0 Å². The number of carbonyl (C=O) groups is 1. The van der Waals surface area contributed by atoms with Crippen LogP contribution in [-0.4, -0.2) is 61.6 Å². The Morgan fingerprint density at radius 1 is 1.19 bits per heavy atom. The molecule has 2 aromatic carbocycles. The molecule has 3 rings (SSSR count). The van der Waals surface area contributed by atoms with Gasteiger partial charge in [-0.15, -0.1) is 0 Å². The number of hydrogen-bond donors (Lipinski definition) is 1. The van der Waals surface area contributed by atoms with Gasteiger partial charge in [0, 0.05) is 12.6 Å². The number of nitro benzene ring substituents is 1. The van der Waals surface area contributed by atoms with E-state index in [4.69, 9.17) is 13.9 Å². The number of nitrogens with zero attached hydrogens (tertiary/aromatic N) is 2. The fraction of sp³-hybridized carbons (Fsp3) is 0.519. The summed E-state index contributed by atoms with van der Waals surface area (Å²) in [7, 11) is -0.679. The van der Waals surface area contributed by atoms with Gasteiger partial charge in [0.1, 0.15) is 12.2 Å². The van der Waals surface area contributed by atoms with E-state index in [2.05, 4.69) is 33.9 Å². The van der Waals surface area contributed by atoms with E-state index in [0.29, 0.717) is 12.8 Å². The standard InChI is InChI=1S/C27H38N2O7Si/c1-27(2,3)37(5,6)36-18-20-14-21(30)12-13-28(20)26(31)22-15-24(34-4)25(16-23(22)29(32)33)35-17-19-10-8-7-9-11-19/h7-11,15-16,20-21,30H,12-14,17-18H2,1-6H3/t20-,21-/m0/s1. The van der Waals surface area contributed by atoms with Crippen molar-refractivity contribution in [2.24, 2.45) is 0 Å². The van der Waals surface area contributed by atoms with Crippen molar-refractivity contribution in [2.75, 3.05) is 20.3 Å². The molecule has 1 fully saturated rings. The predicted molar refractivity (Wildman–Crippen MR) is 144 cm³/mol. The van der Waals surface area contributed by atoms with E-state index >= 15 is 0 Å². The third kappa shape index (κ3) is 6.88. The molecule has 1 N–H and O–H groups in total. The Bertz CT molecular complexity index is 1100. The molecular formula is C27H38N2O7Si.